The third kappa shape index (κ3) is 26.4. The maximum Gasteiger partial charge on any atom is 0.408 e. The molecule has 0 bridgehead atoms. The number of alkyl halides is 6. The molecule has 11 nitrogen and oxygen atoms in total. The van der Waals surface area contributed by atoms with Gasteiger partial charge in [0.25, 0.3) is 0 Å². The van der Waals surface area contributed by atoms with Crippen molar-refractivity contribution in [2.45, 2.75) is 119 Å². The second-order valence-corrected chi connectivity index (χ2v) is 12.8. The van der Waals surface area contributed by atoms with Crippen LogP contribution in [0.4, 0.5) is 35.9 Å². The molecule has 0 heterocycles. The molecular formula is C26H46B3F6N2O9. The Morgan fingerprint density at radius 2 is 1.00 bits per heavy atom. The van der Waals surface area contributed by atoms with Crippen LogP contribution in [0, 0.1) is 10.8 Å². The number of ether oxygens (including phenoxy) is 3. The lowest BCUT2D eigenvalue weighted by Crippen LogP contribution is -2.44. The highest BCUT2D eigenvalue weighted by molar-refractivity contribution is 7.17. The van der Waals surface area contributed by atoms with Gasteiger partial charge >= 0.3 is 36.5 Å². The van der Waals surface area contributed by atoms with Gasteiger partial charge in [-0.2, -0.15) is 26.3 Å². The number of aliphatic hydroxyl groups excluding tert-OH is 1. The zero-order chi connectivity index (χ0) is 38.1. The van der Waals surface area contributed by atoms with Gasteiger partial charge in [0.05, 0.1) is 17.4 Å². The van der Waals surface area contributed by atoms with Crippen molar-refractivity contribution in [3.63, 3.8) is 0 Å². The molecule has 0 aliphatic heterocycles. The molecule has 0 fully saturated rings. The molecule has 0 aromatic heterocycles. The summed E-state index contributed by atoms with van der Waals surface area (Å²) < 4.78 is 87.2. The summed E-state index contributed by atoms with van der Waals surface area (Å²) in [6.07, 6.45) is -10.4. The van der Waals surface area contributed by atoms with Gasteiger partial charge in [-0.1, -0.05) is 0 Å². The van der Waals surface area contributed by atoms with E-state index in [2.05, 4.69) is 30.8 Å². The van der Waals surface area contributed by atoms with Crippen LogP contribution in [-0.2, 0) is 23.8 Å². The Morgan fingerprint density at radius 1 is 0.696 bits per heavy atom. The maximum absolute atomic E-state index is 12.6. The number of halogens is 6. The molecule has 0 rings (SSSR count). The lowest BCUT2D eigenvalue weighted by atomic mass is 9.40. The third-order valence-corrected chi connectivity index (χ3v) is 4.70. The van der Waals surface area contributed by atoms with Crippen LogP contribution in [0.2, 0.25) is 0 Å². The summed E-state index contributed by atoms with van der Waals surface area (Å²) in [4.78, 5) is 44.3. The highest BCUT2D eigenvalue weighted by Crippen LogP contribution is 2.38. The highest BCUT2D eigenvalue weighted by atomic mass is 19.4. The second kappa shape index (κ2) is 20.5. The Labute approximate surface area is 270 Å². The van der Waals surface area contributed by atoms with Gasteiger partial charge in [0, 0.05) is 22.5 Å². The van der Waals surface area contributed by atoms with Gasteiger partial charge in [-0.05, 0) is 83.1 Å². The molecule has 46 heavy (non-hydrogen) atoms. The zero-order valence-electron chi connectivity index (χ0n) is 28.3. The Balaban J connectivity index is -0.000000300. The van der Waals surface area contributed by atoms with E-state index >= 15 is 0 Å². The first-order chi connectivity index (χ1) is 20.1. The number of rotatable bonds is 7. The summed E-state index contributed by atoms with van der Waals surface area (Å²) >= 11 is 0. The summed E-state index contributed by atoms with van der Waals surface area (Å²) in [5.41, 5.74) is -5.48. The Morgan fingerprint density at radius 3 is 1.22 bits per heavy atom. The number of carbonyl (C=O) groups is 4. The molecule has 4 N–H and O–H groups in total. The average Bonchev–Trinajstić information content (AvgIpc) is 2.79. The Hall–Kier alpha value is -2.79. The maximum atomic E-state index is 12.6. The number of carbonyl (C=O) groups excluding carboxylic acids is 3. The van der Waals surface area contributed by atoms with E-state index in [1.807, 2.05) is 0 Å². The van der Waals surface area contributed by atoms with E-state index in [0.29, 0.717) is 0 Å². The van der Waals surface area contributed by atoms with Crippen molar-refractivity contribution in [3.8, 4) is 0 Å². The minimum atomic E-state index is -4.49. The predicted octanol–water partition coefficient (Wildman–Crippen LogP) is 4.44. The molecule has 0 spiro atoms. The lowest BCUT2D eigenvalue weighted by molar-refractivity contribution is -0.226. The van der Waals surface area contributed by atoms with E-state index in [9.17, 15) is 45.5 Å². The zero-order valence-corrected chi connectivity index (χ0v) is 28.3. The van der Waals surface area contributed by atoms with Crippen LogP contribution in [-0.4, -0.2) is 106 Å². The van der Waals surface area contributed by atoms with Gasteiger partial charge < -0.3 is 35.1 Å². The van der Waals surface area contributed by atoms with Crippen LogP contribution in [0.15, 0.2) is 0 Å². The molecule has 0 saturated carbocycles. The predicted molar refractivity (Wildman–Crippen MR) is 160 cm³/mol. The Kier molecular flexibility index (Phi) is 22.3. The molecule has 265 valence electrons. The topological polar surface area (TPSA) is 160 Å². The first kappa shape index (κ1) is 50.1. The van der Waals surface area contributed by atoms with Crippen molar-refractivity contribution in [2.24, 2.45) is 10.8 Å². The number of hydrogen-bond donors (Lipinski definition) is 4. The fourth-order valence-electron chi connectivity index (χ4n) is 1.64. The molecular weight excluding hydrogens is 631 g/mol. The molecule has 0 aliphatic carbocycles. The minimum Gasteiger partial charge on any atom is -0.480 e. The summed E-state index contributed by atoms with van der Waals surface area (Å²) in [5, 5.41) is 21.0. The van der Waals surface area contributed by atoms with Crippen molar-refractivity contribution < 1.29 is 69.9 Å². The molecule has 2 amide bonds. The van der Waals surface area contributed by atoms with Crippen molar-refractivity contribution in [1.82, 2.24) is 10.6 Å². The monoisotopic (exact) mass is 677 g/mol. The van der Waals surface area contributed by atoms with E-state index in [0.717, 1.165) is 34.8 Å². The average molecular weight is 677 g/mol. The molecule has 0 saturated heterocycles. The quantitative estimate of drug-likeness (QED) is 0.132. The van der Waals surface area contributed by atoms with Gasteiger partial charge in [0.2, 0.25) is 0 Å². The van der Waals surface area contributed by atoms with Crippen molar-refractivity contribution in [2.75, 3.05) is 13.2 Å². The summed E-state index contributed by atoms with van der Waals surface area (Å²) in [5.74, 6) is -2.05. The van der Waals surface area contributed by atoms with Crippen molar-refractivity contribution >= 4 is 46.7 Å². The fourth-order valence-corrected chi connectivity index (χ4v) is 1.64. The van der Waals surface area contributed by atoms with E-state index in [-0.39, 0.29) is 0 Å². The van der Waals surface area contributed by atoms with Crippen molar-refractivity contribution in [1.29, 1.82) is 0 Å². The summed E-state index contributed by atoms with van der Waals surface area (Å²) in [7, 11) is 10.0. The van der Waals surface area contributed by atoms with E-state index in [1.54, 1.807) is 41.5 Å². The number of carboxylic acids is 1. The molecule has 20 heteroatoms. The van der Waals surface area contributed by atoms with Crippen molar-refractivity contribution in [3.05, 3.63) is 0 Å². The standard InChI is InChI=1S/C13H22F3NO4.C8H15NO4.C5H9F3O.B3/c1-8(17-10(19)21-11(2,3)4)9(18)20-7-12(5,6)13(14,15)16;1-5(6(10)11)9-7(12)13-8(2,3)4;1-4(2,3-9)5(6,7)8;1-3-2/h8H,7H2,1-6H3,(H,17,19);5H,1-4H3,(H,9,12)(H,10,11);9H,3H2,1-2H3;/t8-;5-;;/m00../s1. The number of aliphatic carboxylic acids is 1. The molecule has 5 radical (unpaired) electrons. The molecule has 2 atom stereocenters. The number of hydrogen-bond acceptors (Lipinski definition) is 8. The van der Waals surface area contributed by atoms with Crippen LogP contribution in [0.1, 0.15) is 83.1 Å². The SMILES string of the molecule is CC(C)(CO)C(F)(F)F.C[C@H](NC(=O)OC(C)(C)C)C(=O)O.C[C@H](NC(=O)OC(C)(C)C)C(=O)OCC(C)(C)C(F)(F)F.[B][B][B]. The van der Waals surface area contributed by atoms with Gasteiger partial charge in [-0.15, -0.1) is 0 Å². The van der Waals surface area contributed by atoms with Crippen LogP contribution < -0.4 is 10.6 Å². The first-order valence-corrected chi connectivity index (χ1v) is 13.5. The first-order valence-electron chi connectivity index (χ1n) is 13.5. The number of nitrogens with one attached hydrogen (secondary N) is 2. The number of alkyl carbamates (subject to hydrolysis) is 2. The van der Waals surface area contributed by atoms with Crippen LogP contribution in [0.3, 0.4) is 0 Å². The normalized spacial score (nSPS) is 13.3. The van der Waals surface area contributed by atoms with Crippen LogP contribution in [0.5, 0.6) is 0 Å². The van der Waals surface area contributed by atoms with E-state index in [4.69, 9.17) is 19.7 Å². The minimum absolute atomic E-state index is 0.609. The van der Waals surface area contributed by atoms with Gasteiger partial charge in [-0.3, -0.25) is 4.79 Å². The van der Waals surface area contributed by atoms with Crippen LogP contribution in [0.25, 0.3) is 0 Å². The van der Waals surface area contributed by atoms with Gasteiger partial charge in [0.15, 0.2) is 0 Å². The second-order valence-electron chi connectivity index (χ2n) is 12.8. The summed E-state index contributed by atoms with van der Waals surface area (Å²) in [6, 6.07) is -2.04. The fraction of sp³-hybridized carbons (Fsp3) is 0.846. The molecule has 0 aliphatic rings. The molecule has 0 aromatic carbocycles. The largest absolute Gasteiger partial charge is 0.480 e. The number of esters is 1. The molecule has 0 unspecified atom stereocenters. The van der Waals surface area contributed by atoms with E-state index < -0.39 is 83.8 Å². The third-order valence-electron chi connectivity index (χ3n) is 4.70. The molecule has 0 aromatic rings. The highest BCUT2D eigenvalue weighted by Gasteiger charge is 2.48. The van der Waals surface area contributed by atoms with Gasteiger partial charge in [-0.25, -0.2) is 14.4 Å². The summed E-state index contributed by atoms with van der Waals surface area (Å²) in [6.45, 7) is 14.8. The van der Waals surface area contributed by atoms with Crippen LogP contribution >= 0.6 is 0 Å². The smallest absolute Gasteiger partial charge is 0.408 e. The van der Waals surface area contributed by atoms with Gasteiger partial charge in [0.1, 0.15) is 29.9 Å². The lowest BCUT2D eigenvalue weighted by Gasteiger charge is -2.27. The number of amides is 2. The number of carboxylic acid groups (broad SMARTS) is 1. The number of aliphatic hydroxyl groups is 1. The Bertz CT molecular complexity index is 938. The van der Waals surface area contributed by atoms with E-state index in [1.165, 1.54) is 13.8 Å².